The molecule has 1 saturated carbocycles. The number of alkyl carbamates (subject to hydrolysis) is 1. The number of ether oxygens (including phenoxy) is 1. The molecule has 1 heterocycles. The molecular weight excluding hydrogens is 256 g/mol. The number of carbonyl (C=O) groups excluding carboxylic acids is 2. The van der Waals surface area contributed by atoms with Crippen LogP contribution in [0.4, 0.5) is 4.79 Å². The van der Waals surface area contributed by atoms with Crippen LogP contribution in [0.15, 0.2) is 16.6 Å². The van der Waals surface area contributed by atoms with Crippen LogP contribution in [0, 0.1) is 0 Å². The van der Waals surface area contributed by atoms with Gasteiger partial charge in [-0.1, -0.05) is 6.42 Å². The number of amides is 1. The van der Waals surface area contributed by atoms with Crippen LogP contribution in [0.1, 0.15) is 46.5 Å². The second kappa shape index (κ2) is 5.77. The molecule has 1 fully saturated rings. The van der Waals surface area contributed by atoms with Crippen molar-refractivity contribution < 1.29 is 14.3 Å². The molecule has 2 rings (SSSR count). The Bertz CT molecular complexity index is 472. The third-order valence-electron chi connectivity index (χ3n) is 3.28. The van der Waals surface area contributed by atoms with Crippen molar-refractivity contribution in [2.75, 3.05) is 6.54 Å². The number of dihydropyridines is 1. The van der Waals surface area contributed by atoms with Crippen LogP contribution in [0.5, 0.6) is 0 Å². The Labute approximate surface area is 119 Å². The molecule has 1 atom stereocenters. The highest BCUT2D eigenvalue weighted by Gasteiger charge is 2.28. The standard InChI is InChI=1S/C15H22N2O3/c1-15(2,3)20-14(19)17-12-7-5-4-6-10-8-11(18)9-16-13(10)12/h8,12H,4-7,9H2,1-3H3,(H,17,19). The normalized spacial score (nSPS) is 23.1. The Morgan fingerprint density at radius 1 is 1.40 bits per heavy atom. The number of nitrogens with one attached hydrogen (secondary N) is 1. The highest BCUT2D eigenvalue weighted by Crippen LogP contribution is 2.23. The lowest BCUT2D eigenvalue weighted by Crippen LogP contribution is -2.44. The maximum atomic E-state index is 11.9. The maximum absolute atomic E-state index is 11.9. The van der Waals surface area contributed by atoms with Gasteiger partial charge in [0.15, 0.2) is 5.78 Å². The van der Waals surface area contributed by atoms with E-state index in [2.05, 4.69) is 10.3 Å². The molecule has 1 aliphatic heterocycles. The van der Waals surface area contributed by atoms with Crippen LogP contribution in [0.3, 0.4) is 0 Å². The lowest BCUT2D eigenvalue weighted by Gasteiger charge is -2.25. The molecule has 2 aliphatic rings. The predicted octanol–water partition coefficient (Wildman–Crippen LogP) is 2.40. The van der Waals surface area contributed by atoms with E-state index in [1.807, 2.05) is 20.8 Å². The quantitative estimate of drug-likeness (QED) is 0.801. The first kappa shape index (κ1) is 14.8. The minimum Gasteiger partial charge on any atom is -0.444 e. The van der Waals surface area contributed by atoms with Gasteiger partial charge in [0.05, 0.1) is 11.8 Å². The summed E-state index contributed by atoms with van der Waals surface area (Å²) in [7, 11) is 0. The van der Waals surface area contributed by atoms with Gasteiger partial charge >= 0.3 is 6.09 Å². The van der Waals surface area contributed by atoms with Crippen molar-refractivity contribution in [3.8, 4) is 0 Å². The molecular formula is C15H22N2O3. The lowest BCUT2D eigenvalue weighted by atomic mass is 9.98. The molecule has 0 spiro atoms. The van der Waals surface area contributed by atoms with Gasteiger partial charge in [0, 0.05) is 0 Å². The van der Waals surface area contributed by atoms with Crippen molar-refractivity contribution in [2.45, 2.75) is 58.1 Å². The fourth-order valence-corrected chi connectivity index (χ4v) is 2.50. The molecule has 5 nitrogen and oxygen atoms in total. The van der Waals surface area contributed by atoms with Crippen LogP contribution in [0.25, 0.3) is 0 Å². The van der Waals surface area contributed by atoms with E-state index in [0.29, 0.717) is 0 Å². The fourth-order valence-electron chi connectivity index (χ4n) is 2.50. The van der Waals surface area contributed by atoms with E-state index in [1.54, 1.807) is 6.08 Å². The first-order chi connectivity index (χ1) is 9.35. The highest BCUT2D eigenvalue weighted by atomic mass is 16.6. The monoisotopic (exact) mass is 278 g/mol. The number of ketones is 1. The number of nitrogens with zero attached hydrogens (tertiary/aromatic N) is 1. The highest BCUT2D eigenvalue weighted by molar-refractivity contribution is 6.13. The molecule has 0 bridgehead atoms. The van der Waals surface area contributed by atoms with Crippen molar-refractivity contribution in [1.82, 2.24) is 5.32 Å². The molecule has 1 amide bonds. The Kier molecular flexibility index (Phi) is 4.26. The zero-order valence-electron chi connectivity index (χ0n) is 12.4. The summed E-state index contributed by atoms with van der Waals surface area (Å²) in [5, 5.41) is 2.89. The van der Waals surface area contributed by atoms with Gasteiger partial charge in [-0.3, -0.25) is 9.79 Å². The van der Waals surface area contributed by atoms with E-state index in [1.165, 1.54) is 0 Å². The summed E-state index contributed by atoms with van der Waals surface area (Å²) in [6, 6.07) is -0.147. The fraction of sp³-hybridized carbons (Fsp3) is 0.667. The van der Waals surface area contributed by atoms with Crippen LogP contribution in [0.2, 0.25) is 0 Å². The van der Waals surface area contributed by atoms with Crippen LogP contribution < -0.4 is 5.32 Å². The topological polar surface area (TPSA) is 67.8 Å². The number of carbonyl (C=O) groups is 2. The van der Waals surface area contributed by atoms with Gasteiger partial charge in [-0.05, 0) is 51.7 Å². The summed E-state index contributed by atoms with van der Waals surface area (Å²) in [6.45, 7) is 5.69. The number of rotatable bonds is 1. The van der Waals surface area contributed by atoms with Gasteiger partial charge in [-0.15, -0.1) is 0 Å². The van der Waals surface area contributed by atoms with Crippen molar-refractivity contribution in [2.24, 2.45) is 4.99 Å². The summed E-state index contributed by atoms with van der Waals surface area (Å²) >= 11 is 0. The zero-order chi connectivity index (χ0) is 14.8. The van der Waals surface area contributed by atoms with E-state index in [0.717, 1.165) is 37.0 Å². The third kappa shape index (κ3) is 3.92. The Balaban J connectivity index is 2.08. The van der Waals surface area contributed by atoms with E-state index in [9.17, 15) is 9.59 Å². The van der Waals surface area contributed by atoms with Crippen LogP contribution >= 0.6 is 0 Å². The largest absolute Gasteiger partial charge is 0.444 e. The van der Waals surface area contributed by atoms with Gasteiger partial charge < -0.3 is 10.1 Å². The molecule has 5 heteroatoms. The van der Waals surface area contributed by atoms with Crippen LogP contribution in [-0.2, 0) is 9.53 Å². The SMILES string of the molecule is CC(C)(C)OC(=O)NC1CCCCC2=CC(=O)CN=C21. The summed E-state index contributed by atoms with van der Waals surface area (Å²) in [4.78, 5) is 27.7. The summed E-state index contributed by atoms with van der Waals surface area (Å²) in [5.74, 6) is 0.0432. The molecule has 0 radical (unpaired) electrons. The van der Waals surface area contributed by atoms with E-state index in [-0.39, 0.29) is 18.4 Å². The average molecular weight is 278 g/mol. The molecule has 1 N–H and O–H groups in total. The predicted molar refractivity (Wildman–Crippen MR) is 77.0 cm³/mol. The lowest BCUT2D eigenvalue weighted by molar-refractivity contribution is -0.113. The smallest absolute Gasteiger partial charge is 0.408 e. The molecule has 110 valence electrons. The maximum Gasteiger partial charge on any atom is 0.408 e. The second-order valence-electron chi connectivity index (χ2n) is 6.28. The summed E-state index contributed by atoms with van der Waals surface area (Å²) in [5.41, 5.74) is 1.31. The van der Waals surface area contributed by atoms with Crippen molar-refractivity contribution >= 4 is 17.6 Å². The van der Waals surface area contributed by atoms with Gasteiger partial charge in [-0.25, -0.2) is 4.79 Å². The van der Waals surface area contributed by atoms with Gasteiger partial charge in [0.2, 0.25) is 0 Å². The number of hydrogen-bond acceptors (Lipinski definition) is 4. The Morgan fingerprint density at radius 3 is 2.85 bits per heavy atom. The Morgan fingerprint density at radius 2 is 2.15 bits per heavy atom. The molecule has 1 unspecified atom stereocenters. The third-order valence-corrected chi connectivity index (χ3v) is 3.28. The van der Waals surface area contributed by atoms with E-state index in [4.69, 9.17) is 4.74 Å². The summed E-state index contributed by atoms with van der Waals surface area (Å²) in [6.07, 6.45) is 4.97. The first-order valence-corrected chi connectivity index (χ1v) is 7.13. The molecule has 0 aromatic heterocycles. The Hall–Kier alpha value is -1.65. The van der Waals surface area contributed by atoms with Gasteiger partial charge in [0.25, 0.3) is 0 Å². The van der Waals surface area contributed by atoms with Crippen molar-refractivity contribution in [1.29, 1.82) is 0 Å². The summed E-state index contributed by atoms with van der Waals surface area (Å²) < 4.78 is 5.29. The van der Waals surface area contributed by atoms with Gasteiger partial charge in [-0.2, -0.15) is 0 Å². The number of fused-ring (bicyclic) bond motifs is 1. The minimum atomic E-state index is -0.516. The number of hydrogen-bond donors (Lipinski definition) is 1. The average Bonchev–Trinajstić information content (AvgIpc) is 2.49. The van der Waals surface area contributed by atoms with Crippen LogP contribution in [-0.4, -0.2) is 35.8 Å². The molecule has 1 aliphatic carbocycles. The molecule has 20 heavy (non-hydrogen) atoms. The van der Waals surface area contributed by atoms with E-state index < -0.39 is 11.7 Å². The molecule has 0 aromatic rings. The van der Waals surface area contributed by atoms with Crippen molar-refractivity contribution in [3.63, 3.8) is 0 Å². The zero-order valence-corrected chi connectivity index (χ0v) is 12.4. The number of aliphatic imine (C=N–C) groups is 1. The second-order valence-corrected chi connectivity index (χ2v) is 6.28. The van der Waals surface area contributed by atoms with Crippen molar-refractivity contribution in [3.05, 3.63) is 11.6 Å². The minimum absolute atomic E-state index is 0.0432. The molecule has 0 aromatic carbocycles. The van der Waals surface area contributed by atoms with E-state index >= 15 is 0 Å². The van der Waals surface area contributed by atoms with Gasteiger partial charge in [0.1, 0.15) is 12.1 Å². The first-order valence-electron chi connectivity index (χ1n) is 7.13. The molecule has 0 saturated heterocycles.